The maximum Gasteiger partial charge on any atom is 0.183 e. The van der Waals surface area contributed by atoms with E-state index >= 15 is 0 Å². The van der Waals surface area contributed by atoms with Crippen molar-refractivity contribution in [3.63, 3.8) is 0 Å². The Labute approximate surface area is 225 Å². The summed E-state index contributed by atoms with van der Waals surface area (Å²) in [6.07, 6.45) is 5.27. The summed E-state index contributed by atoms with van der Waals surface area (Å²) in [5.41, 5.74) is 5.60. The van der Waals surface area contributed by atoms with Crippen LogP contribution < -0.4 is 0 Å². The monoisotopic (exact) mass is 542 g/mol. The highest BCUT2D eigenvalue weighted by atomic mass is 32.2. The molecule has 3 aromatic rings. The molecule has 6 atom stereocenters. The third-order valence-electron chi connectivity index (χ3n) is 9.29. The van der Waals surface area contributed by atoms with Gasteiger partial charge in [0.05, 0.1) is 20.3 Å². The van der Waals surface area contributed by atoms with E-state index in [0.29, 0.717) is 11.8 Å². The smallest absolute Gasteiger partial charge is 0.183 e. The summed E-state index contributed by atoms with van der Waals surface area (Å²) in [7, 11) is -7.90. The van der Waals surface area contributed by atoms with E-state index in [4.69, 9.17) is 0 Å². The number of benzene rings is 3. The largest absolute Gasteiger partial charge is 0.223 e. The van der Waals surface area contributed by atoms with Gasteiger partial charge in [-0.25, -0.2) is 16.8 Å². The van der Waals surface area contributed by atoms with Crippen LogP contribution in [-0.4, -0.2) is 27.3 Å². The van der Waals surface area contributed by atoms with Crippen molar-refractivity contribution in [1.29, 1.82) is 0 Å². The van der Waals surface area contributed by atoms with E-state index in [1.165, 1.54) is 11.1 Å². The zero-order valence-corrected chi connectivity index (χ0v) is 22.8. The fraction of sp³-hybridized carbons (Fsp3) is 0.312. The Morgan fingerprint density at radius 2 is 1.08 bits per heavy atom. The summed E-state index contributed by atoms with van der Waals surface area (Å²) in [6, 6.07) is 25.0. The highest BCUT2D eigenvalue weighted by molar-refractivity contribution is 7.96. The maximum atomic E-state index is 14.4. The second-order valence-corrected chi connectivity index (χ2v) is 15.5. The molecule has 0 aromatic heterocycles. The third kappa shape index (κ3) is 3.39. The van der Waals surface area contributed by atoms with Gasteiger partial charge in [-0.1, -0.05) is 89.0 Å². The number of allylic oxidation sites excluding steroid dienone is 3. The van der Waals surface area contributed by atoms with Gasteiger partial charge in [-0.3, -0.25) is 0 Å². The van der Waals surface area contributed by atoms with Gasteiger partial charge >= 0.3 is 0 Å². The Bertz CT molecular complexity index is 1580. The van der Waals surface area contributed by atoms with E-state index in [0.717, 1.165) is 36.0 Å². The zero-order chi connectivity index (χ0) is 26.2. The van der Waals surface area contributed by atoms with Crippen molar-refractivity contribution in [3.8, 4) is 0 Å². The summed E-state index contributed by atoms with van der Waals surface area (Å²) in [6.45, 7) is 2.04. The first-order chi connectivity index (χ1) is 18.3. The van der Waals surface area contributed by atoms with E-state index < -0.39 is 42.0 Å². The molecule has 4 bridgehead atoms. The van der Waals surface area contributed by atoms with Gasteiger partial charge in [0, 0.05) is 11.8 Å². The van der Waals surface area contributed by atoms with Crippen molar-refractivity contribution in [2.45, 2.75) is 46.5 Å². The third-order valence-corrected chi connectivity index (χ3v) is 13.9. The van der Waals surface area contributed by atoms with Crippen LogP contribution in [0, 0.1) is 30.6 Å². The van der Waals surface area contributed by atoms with E-state index in [9.17, 15) is 16.8 Å². The summed E-state index contributed by atoms with van der Waals surface area (Å²) in [5.74, 6) is -0.0823. The van der Waals surface area contributed by atoms with E-state index in [2.05, 4.69) is 6.08 Å². The van der Waals surface area contributed by atoms with Crippen LogP contribution in [-0.2, 0) is 19.7 Å². The molecule has 4 nitrogen and oxygen atoms in total. The molecular weight excluding hydrogens is 512 g/mol. The van der Waals surface area contributed by atoms with E-state index in [1.807, 2.05) is 31.2 Å². The van der Waals surface area contributed by atoms with Crippen LogP contribution in [0.15, 0.2) is 111 Å². The first-order valence-electron chi connectivity index (χ1n) is 13.4. The van der Waals surface area contributed by atoms with Gasteiger partial charge in [-0.2, -0.15) is 0 Å². The Balaban J connectivity index is 1.49. The number of hydrogen-bond donors (Lipinski definition) is 0. The second-order valence-electron chi connectivity index (χ2n) is 11.3. The van der Waals surface area contributed by atoms with Gasteiger partial charge in [0.1, 0.15) is 0 Å². The first-order valence-corrected chi connectivity index (χ1v) is 16.5. The van der Waals surface area contributed by atoms with Crippen molar-refractivity contribution in [2.24, 2.45) is 23.7 Å². The van der Waals surface area contributed by atoms with Crippen molar-refractivity contribution >= 4 is 25.8 Å². The molecule has 4 aliphatic carbocycles. The fourth-order valence-corrected chi connectivity index (χ4v) is 12.8. The quantitative estimate of drug-likeness (QED) is 0.291. The second kappa shape index (κ2) is 8.52. The standard InChI is InChI=1S/C32H30O4S2/c1-20-12-14-21(15-13-20)18-26-29-27-22-16-17-23(19-22)28(27)30(26)32(38(35,36)25-10-6-3-7-11-25)31(29)37(33,34)24-8-4-2-5-9-24/h2-15,18,22-23,29-32H,16-17,19H2,1H3/t22-,23-,29-,30-,31-,32-/m0/s1. The lowest BCUT2D eigenvalue weighted by Crippen LogP contribution is -2.45. The molecule has 0 N–H and O–H groups in total. The van der Waals surface area contributed by atoms with Crippen molar-refractivity contribution in [3.05, 3.63) is 113 Å². The minimum absolute atomic E-state index is 0.200. The van der Waals surface area contributed by atoms with Crippen LogP contribution in [0.25, 0.3) is 6.08 Å². The van der Waals surface area contributed by atoms with Crippen molar-refractivity contribution in [2.75, 3.05) is 0 Å². The SMILES string of the molecule is Cc1ccc(C=C2[C@H]3C4=C([C@H]5CC[C@H]4C5)[C@H]2[C@H](S(=O)(=O)c2ccccc2)[C@H]3S(=O)(=O)c2ccccc2)cc1. The van der Waals surface area contributed by atoms with Gasteiger partial charge in [0.15, 0.2) is 19.7 Å². The minimum Gasteiger partial charge on any atom is -0.223 e. The molecule has 3 aromatic carbocycles. The molecule has 0 aliphatic heterocycles. The van der Waals surface area contributed by atoms with E-state index in [1.54, 1.807) is 60.7 Å². The average Bonchev–Trinajstić information content (AvgIpc) is 3.70. The topological polar surface area (TPSA) is 68.3 Å². The molecule has 2 saturated carbocycles. The molecule has 194 valence electrons. The van der Waals surface area contributed by atoms with Crippen LogP contribution in [0.2, 0.25) is 0 Å². The molecule has 38 heavy (non-hydrogen) atoms. The van der Waals surface area contributed by atoms with Gasteiger partial charge in [-0.05, 0) is 67.9 Å². The van der Waals surface area contributed by atoms with E-state index in [-0.39, 0.29) is 9.79 Å². The molecule has 0 saturated heterocycles. The highest BCUT2D eigenvalue weighted by Gasteiger charge is 2.67. The molecule has 2 fully saturated rings. The fourth-order valence-electron chi connectivity index (χ4n) is 7.83. The number of aryl methyl sites for hydroxylation is 1. The number of rotatable bonds is 5. The lowest BCUT2D eigenvalue weighted by Gasteiger charge is -2.35. The predicted octanol–water partition coefficient (Wildman–Crippen LogP) is 6.05. The van der Waals surface area contributed by atoms with Crippen LogP contribution >= 0.6 is 0 Å². The van der Waals surface area contributed by atoms with Crippen LogP contribution in [0.5, 0.6) is 0 Å². The van der Waals surface area contributed by atoms with Gasteiger partial charge < -0.3 is 0 Å². The molecule has 0 heterocycles. The van der Waals surface area contributed by atoms with Gasteiger partial charge in [0.2, 0.25) is 0 Å². The summed E-state index contributed by atoms with van der Waals surface area (Å²) in [5, 5.41) is -2.09. The minimum atomic E-state index is -3.95. The number of sulfone groups is 2. The Morgan fingerprint density at radius 1 is 0.632 bits per heavy atom. The molecular formula is C32H30O4S2. The Kier molecular flexibility index (Phi) is 5.41. The summed E-state index contributed by atoms with van der Waals surface area (Å²) in [4.78, 5) is 0.400. The lowest BCUT2D eigenvalue weighted by molar-refractivity contribution is 0.494. The summed E-state index contributed by atoms with van der Waals surface area (Å²) < 4.78 is 57.7. The molecule has 4 aliphatic rings. The molecule has 6 heteroatoms. The molecule has 0 spiro atoms. The number of fused-ring (bicyclic) bond motifs is 8. The predicted molar refractivity (Wildman–Crippen MR) is 149 cm³/mol. The van der Waals surface area contributed by atoms with Crippen LogP contribution in [0.3, 0.4) is 0 Å². The zero-order valence-electron chi connectivity index (χ0n) is 21.2. The highest BCUT2D eigenvalue weighted by Crippen LogP contribution is 2.68. The van der Waals surface area contributed by atoms with Gasteiger partial charge in [-0.15, -0.1) is 0 Å². The summed E-state index contributed by atoms with van der Waals surface area (Å²) >= 11 is 0. The number of hydrogen-bond acceptors (Lipinski definition) is 4. The molecule has 0 amide bonds. The van der Waals surface area contributed by atoms with Crippen LogP contribution in [0.4, 0.5) is 0 Å². The molecule has 0 unspecified atom stereocenters. The Hall–Kier alpha value is -2.96. The lowest BCUT2D eigenvalue weighted by atomic mass is 9.82. The van der Waals surface area contributed by atoms with Crippen LogP contribution in [0.1, 0.15) is 30.4 Å². The first kappa shape index (κ1) is 24.1. The van der Waals surface area contributed by atoms with Gasteiger partial charge in [0.25, 0.3) is 0 Å². The van der Waals surface area contributed by atoms with Crippen molar-refractivity contribution in [1.82, 2.24) is 0 Å². The van der Waals surface area contributed by atoms with Crippen molar-refractivity contribution < 1.29 is 16.8 Å². The molecule has 7 rings (SSSR count). The maximum absolute atomic E-state index is 14.4. The molecule has 0 radical (unpaired) electrons. The normalized spacial score (nSPS) is 29.7. The Morgan fingerprint density at radius 3 is 1.53 bits per heavy atom. The average molecular weight is 543 g/mol.